The molecule has 0 radical (unpaired) electrons. The van der Waals surface area contributed by atoms with Crippen molar-refractivity contribution in [1.29, 1.82) is 5.26 Å². The minimum Gasteiger partial charge on any atom is -0.444 e. The van der Waals surface area contributed by atoms with E-state index in [9.17, 15) is 22.8 Å². The van der Waals surface area contributed by atoms with Crippen LogP contribution >= 0.6 is 0 Å². The summed E-state index contributed by atoms with van der Waals surface area (Å²) in [6, 6.07) is 8.24. The van der Waals surface area contributed by atoms with Crippen LogP contribution in [-0.2, 0) is 25.1 Å². The monoisotopic (exact) mass is 493 g/mol. The van der Waals surface area contributed by atoms with Crippen LogP contribution < -0.4 is 10.6 Å². The van der Waals surface area contributed by atoms with E-state index in [0.29, 0.717) is 5.56 Å². The molecule has 1 unspecified atom stereocenters. The molecule has 0 bridgehead atoms. The first-order valence-electron chi connectivity index (χ1n) is 10.8. The number of piperazine rings is 1. The maximum absolute atomic E-state index is 12.8. The summed E-state index contributed by atoms with van der Waals surface area (Å²) in [4.78, 5) is 40.4. The van der Waals surface area contributed by atoms with E-state index >= 15 is 0 Å². The predicted octanol–water partition coefficient (Wildman–Crippen LogP) is 0.872. The highest BCUT2D eigenvalue weighted by Crippen LogP contribution is 2.12. The highest BCUT2D eigenvalue weighted by molar-refractivity contribution is 7.90. The standard InChI is InChI=1S/C22H31N5O6S/c1-22(2,3)33-21(30)27-13-11-26(12-14-27)20(29)25-18(19(28)24-10-9-23)16-34(31,32)15-17-7-5-4-6-8-17/h4-8,18H,10-16H2,1-3H3,(H,24,28)(H,25,29). The number of nitrogens with one attached hydrogen (secondary N) is 2. The molecule has 4 amide bonds. The highest BCUT2D eigenvalue weighted by Gasteiger charge is 2.31. The van der Waals surface area contributed by atoms with Gasteiger partial charge in [0.1, 0.15) is 18.2 Å². The molecule has 0 spiro atoms. The summed E-state index contributed by atoms with van der Waals surface area (Å²) in [5.41, 5.74) is -0.0795. The fraction of sp³-hybridized carbons (Fsp3) is 0.545. The number of sulfone groups is 1. The van der Waals surface area contributed by atoms with Crippen molar-refractivity contribution in [2.24, 2.45) is 0 Å². The smallest absolute Gasteiger partial charge is 0.410 e. The van der Waals surface area contributed by atoms with Gasteiger partial charge in [0, 0.05) is 26.2 Å². The second kappa shape index (κ2) is 11.7. The Bertz CT molecular complexity index is 1010. The Labute approximate surface area is 200 Å². The van der Waals surface area contributed by atoms with Gasteiger partial charge in [-0.15, -0.1) is 0 Å². The molecule has 2 rings (SSSR count). The normalized spacial score (nSPS) is 15.1. The third-order valence-electron chi connectivity index (χ3n) is 4.82. The molecular weight excluding hydrogens is 462 g/mol. The van der Waals surface area contributed by atoms with Crippen molar-refractivity contribution >= 4 is 27.9 Å². The van der Waals surface area contributed by atoms with Crippen LogP contribution in [0.25, 0.3) is 0 Å². The van der Waals surface area contributed by atoms with Crippen molar-refractivity contribution in [3.05, 3.63) is 35.9 Å². The number of carbonyl (C=O) groups excluding carboxylic acids is 3. The van der Waals surface area contributed by atoms with E-state index in [1.54, 1.807) is 57.2 Å². The average molecular weight is 494 g/mol. The van der Waals surface area contributed by atoms with E-state index in [1.165, 1.54) is 9.80 Å². The Morgan fingerprint density at radius 1 is 1.09 bits per heavy atom. The van der Waals surface area contributed by atoms with Crippen LogP contribution in [0.15, 0.2) is 30.3 Å². The zero-order valence-corrected chi connectivity index (χ0v) is 20.4. The maximum Gasteiger partial charge on any atom is 0.410 e. The van der Waals surface area contributed by atoms with Crippen LogP contribution in [0, 0.1) is 11.3 Å². The fourth-order valence-electron chi connectivity index (χ4n) is 3.23. The van der Waals surface area contributed by atoms with Gasteiger partial charge in [-0.2, -0.15) is 5.26 Å². The van der Waals surface area contributed by atoms with Gasteiger partial charge in [0.05, 0.1) is 17.6 Å². The Kier molecular flexibility index (Phi) is 9.26. The quantitative estimate of drug-likeness (QED) is 0.535. The summed E-state index contributed by atoms with van der Waals surface area (Å²) in [5, 5.41) is 13.5. The number of hydrogen-bond acceptors (Lipinski definition) is 7. The number of hydrogen-bond donors (Lipinski definition) is 2. The first-order valence-corrected chi connectivity index (χ1v) is 12.6. The van der Waals surface area contributed by atoms with Crippen molar-refractivity contribution in [3.8, 4) is 6.07 Å². The topological polar surface area (TPSA) is 149 Å². The zero-order valence-electron chi connectivity index (χ0n) is 19.6. The number of amides is 4. The van der Waals surface area contributed by atoms with Gasteiger partial charge in [0.25, 0.3) is 0 Å². The molecular formula is C22H31N5O6S. The highest BCUT2D eigenvalue weighted by atomic mass is 32.2. The molecule has 12 heteroatoms. The SMILES string of the molecule is CC(C)(C)OC(=O)N1CCN(C(=O)NC(CS(=O)(=O)Cc2ccccc2)C(=O)NCC#N)CC1. The molecule has 1 aromatic carbocycles. The molecule has 186 valence electrons. The van der Waals surface area contributed by atoms with Crippen molar-refractivity contribution in [2.75, 3.05) is 38.5 Å². The van der Waals surface area contributed by atoms with E-state index in [0.717, 1.165) is 0 Å². The van der Waals surface area contributed by atoms with E-state index in [2.05, 4.69) is 10.6 Å². The van der Waals surface area contributed by atoms with Crippen molar-refractivity contribution in [2.45, 2.75) is 38.2 Å². The molecule has 0 saturated carbocycles. The van der Waals surface area contributed by atoms with E-state index < -0.39 is 45.3 Å². The number of nitriles is 1. The number of rotatable bonds is 7. The van der Waals surface area contributed by atoms with Crippen molar-refractivity contribution < 1.29 is 27.5 Å². The second-order valence-corrected chi connectivity index (χ2v) is 11.0. The fourth-order valence-corrected chi connectivity index (χ4v) is 4.79. The summed E-state index contributed by atoms with van der Waals surface area (Å²) in [5.74, 6) is -1.68. The molecule has 1 aliphatic rings. The Hall–Kier alpha value is -3.33. The molecule has 1 saturated heterocycles. The van der Waals surface area contributed by atoms with Gasteiger partial charge in [-0.25, -0.2) is 18.0 Å². The van der Waals surface area contributed by atoms with E-state index in [-0.39, 0.29) is 38.5 Å². The van der Waals surface area contributed by atoms with Crippen LogP contribution in [0.5, 0.6) is 0 Å². The predicted molar refractivity (Wildman–Crippen MR) is 124 cm³/mol. The molecule has 11 nitrogen and oxygen atoms in total. The Morgan fingerprint density at radius 3 is 2.24 bits per heavy atom. The van der Waals surface area contributed by atoms with Crippen molar-refractivity contribution in [3.63, 3.8) is 0 Å². The van der Waals surface area contributed by atoms with Gasteiger partial charge >= 0.3 is 12.1 Å². The van der Waals surface area contributed by atoms with Gasteiger partial charge in [-0.05, 0) is 26.3 Å². The maximum atomic E-state index is 12.8. The van der Waals surface area contributed by atoms with Gasteiger partial charge in [-0.1, -0.05) is 30.3 Å². The molecule has 2 N–H and O–H groups in total. The Balaban J connectivity index is 2.01. The summed E-state index contributed by atoms with van der Waals surface area (Å²) >= 11 is 0. The van der Waals surface area contributed by atoms with Crippen LogP contribution in [-0.4, -0.2) is 86.4 Å². The summed E-state index contributed by atoms with van der Waals surface area (Å²) < 4.78 is 30.8. The van der Waals surface area contributed by atoms with Crippen LogP contribution in [0.4, 0.5) is 9.59 Å². The molecule has 1 aliphatic heterocycles. The lowest BCUT2D eigenvalue weighted by Crippen LogP contribution is -2.58. The third-order valence-corrected chi connectivity index (χ3v) is 6.44. The molecule has 0 aliphatic carbocycles. The molecule has 1 fully saturated rings. The van der Waals surface area contributed by atoms with Gasteiger partial charge < -0.3 is 25.2 Å². The number of carbonyl (C=O) groups is 3. The molecule has 0 aromatic heterocycles. The number of ether oxygens (including phenoxy) is 1. The lowest BCUT2D eigenvalue weighted by Gasteiger charge is -2.36. The van der Waals surface area contributed by atoms with Gasteiger partial charge in [0.2, 0.25) is 5.91 Å². The van der Waals surface area contributed by atoms with Gasteiger partial charge in [0.15, 0.2) is 9.84 Å². The lowest BCUT2D eigenvalue weighted by atomic mass is 10.2. The third kappa shape index (κ3) is 8.90. The molecule has 1 aromatic rings. The lowest BCUT2D eigenvalue weighted by molar-refractivity contribution is -0.122. The molecule has 1 atom stereocenters. The first-order chi connectivity index (χ1) is 15.9. The minimum atomic E-state index is -3.76. The summed E-state index contributed by atoms with van der Waals surface area (Å²) in [6.45, 7) is 5.81. The number of urea groups is 1. The zero-order chi connectivity index (χ0) is 25.4. The van der Waals surface area contributed by atoms with E-state index in [1.807, 2.05) is 0 Å². The Morgan fingerprint density at radius 2 is 1.68 bits per heavy atom. The van der Waals surface area contributed by atoms with Crippen molar-refractivity contribution in [1.82, 2.24) is 20.4 Å². The average Bonchev–Trinajstić information content (AvgIpc) is 2.76. The number of benzene rings is 1. The minimum absolute atomic E-state index is 0.189. The van der Waals surface area contributed by atoms with Crippen LogP contribution in [0.1, 0.15) is 26.3 Å². The van der Waals surface area contributed by atoms with Crippen LogP contribution in [0.3, 0.4) is 0 Å². The second-order valence-electron chi connectivity index (χ2n) is 8.87. The largest absolute Gasteiger partial charge is 0.444 e. The van der Waals surface area contributed by atoms with Crippen LogP contribution in [0.2, 0.25) is 0 Å². The van der Waals surface area contributed by atoms with E-state index in [4.69, 9.17) is 10.00 Å². The molecule has 34 heavy (non-hydrogen) atoms. The van der Waals surface area contributed by atoms with Gasteiger partial charge in [-0.3, -0.25) is 4.79 Å². The molecule has 1 heterocycles. The summed E-state index contributed by atoms with van der Waals surface area (Å²) in [7, 11) is -3.76. The summed E-state index contributed by atoms with van der Waals surface area (Å²) in [6.07, 6.45) is -0.478. The first kappa shape index (κ1) is 26.9. The number of nitrogens with zero attached hydrogens (tertiary/aromatic N) is 3.